The standard InChI is InChI=1S/C9H15F2NO/c1-9(2,3)8(13)12-5-4-6(12)7(10)11/h6-7H,4-5H2,1-3H3. The van der Waals surface area contributed by atoms with Crippen LogP contribution in [0.4, 0.5) is 8.78 Å². The van der Waals surface area contributed by atoms with Crippen molar-refractivity contribution in [2.24, 2.45) is 5.41 Å². The van der Waals surface area contributed by atoms with E-state index < -0.39 is 17.9 Å². The number of hydrogen-bond acceptors (Lipinski definition) is 1. The lowest BCUT2D eigenvalue weighted by molar-refractivity contribution is -0.154. The lowest BCUT2D eigenvalue weighted by Crippen LogP contribution is -2.57. The van der Waals surface area contributed by atoms with Gasteiger partial charge in [0.2, 0.25) is 5.91 Å². The quantitative estimate of drug-likeness (QED) is 0.620. The van der Waals surface area contributed by atoms with E-state index in [1.807, 2.05) is 0 Å². The largest absolute Gasteiger partial charge is 0.333 e. The molecule has 0 spiro atoms. The lowest BCUT2D eigenvalue weighted by atomic mass is 9.90. The van der Waals surface area contributed by atoms with Crippen LogP contribution in [0.2, 0.25) is 0 Å². The van der Waals surface area contributed by atoms with Crippen LogP contribution < -0.4 is 0 Å². The van der Waals surface area contributed by atoms with E-state index in [4.69, 9.17) is 0 Å². The molecule has 76 valence electrons. The fourth-order valence-corrected chi connectivity index (χ4v) is 1.35. The first-order chi connectivity index (χ1) is 5.84. The van der Waals surface area contributed by atoms with E-state index in [2.05, 4.69) is 0 Å². The molecular formula is C9H15F2NO. The summed E-state index contributed by atoms with van der Waals surface area (Å²) in [5, 5.41) is 0. The number of halogens is 2. The van der Waals surface area contributed by atoms with Crippen LogP contribution in [0.25, 0.3) is 0 Å². The Morgan fingerprint density at radius 1 is 1.46 bits per heavy atom. The van der Waals surface area contributed by atoms with Crippen molar-refractivity contribution >= 4 is 5.91 Å². The zero-order chi connectivity index (χ0) is 10.2. The second kappa shape index (κ2) is 3.24. The van der Waals surface area contributed by atoms with E-state index in [1.165, 1.54) is 4.90 Å². The predicted octanol–water partition coefficient (Wildman–Crippen LogP) is 1.90. The number of carbonyl (C=O) groups excluding carboxylic acids is 1. The first kappa shape index (κ1) is 10.4. The van der Waals surface area contributed by atoms with Crippen LogP contribution in [0, 0.1) is 5.41 Å². The molecule has 0 saturated carbocycles. The minimum Gasteiger partial charge on any atom is -0.333 e. The van der Waals surface area contributed by atoms with Gasteiger partial charge in [-0.2, -0.15) is 0 Å². The molecule has 1 unspecified atom stereocenters. The molecule has 1 fully saturated rings. The van der Waals surface area contributed by atoms with Gasteiger partial charge in [0.15, 0.2) is 0 Å². The number of nitrogens with zero attached hydrogens (tertiary/aromatic N) is 1. The predicted molar refractivity (Wildman–Crippen MR) is 45.6 cm³/mol. The Hall–Kier alpha value is -0.670. The topological polar surface area (TPSA) is 20.3 Å². The fraction of sp³-hybridized carbons (Fsp3) is 0.889. The summed E-state index contributed by atoms with van der Waals surface area (Å²) >= 11 is 0. The van der Waals surface area contributed by atoms with Gasteiger partial charge in [-0.3, -0.25) is 4.79 Å². The first-order valence-corrected chi connectivity index (χ1v) is 4.43. The number of amides is 1. The van der Waals surface area contributed by atoms with Gasteiger partial charge in [-0.15, -0.1) is 0 Å². The van der Waals surface area contributed by atoms with E-state index >= 15 is 0 Å². The molecule has 2 nitrogen and oxygen atoms in total. The molecule has 0 aromatic heterocycles. The van der Waals surface area contributed by atoms with Gasteiger partial charge in [0, 0.05) is 12.0 Å². The van der Waals surface area contributed by atoms with Crippen LogP contribution in [0.1, 0.15) is 27.2 Å². The Balaban J connectivity index is 2.60. The average molecular weight is 191 g/mol. The van der Waals surface area contributed by atoms with Crippen molar-refractivity contribution in [1.82, 2.24) is 4.90 Å². The second-order valence-corrected chi connectivity index (χ2v) is 4.44. The third kappa shape index (κ3) is 1.98. The maximum absolute atomic E-state index is 12.3. The molecule has 0 aromatic carbocycles. The Bertz CT molecular complexity index is 210. The molecule has 1 heterocycles. The van der Waals surface area contributed by atoms with Crippen molar-refractivity contribution in [2.75, 3.05) is 6.54 Å². The van der Waals surface area contributed by atoms with Gasteiger partial charge in [-0.05, 0) is 6.42 Å². The number of hydrogen-bond donors (Lipinski definition) is 0. The van der Waals surface area contributed by atoms with Gasteiger partial charge in [0.05, 0.1) is 6.04 Å². The van der Waals surface area contributed by atoms with E-state index in [1.54, 1.807) is 20.8 Å². The Labute approximate surface area is 76.9 Å². The van der Waals surface area contributed by atoms with Gasteiger partial charge in [0.25, 0.3) is 6.43 Å². The Kier molecular flexibility index (Phi) is 2.59. The van der Waals surface area contributed by atoms with Crippen LogP contribution in [-0.4, -0.2) is 29.8 Å². The third-order valence-corrected chi connectivity index (χ3v) is 2.26. The second-order valence-electron chi connectivity index (χ2n) is 4.44. The monoisotopic (exact) mass is 191 g/mol. The molecule has 1 amide bonds. The maximum Gasteiger partial charge on any atom is 0.258 e. The first-order valence-electron chi connectivity index (χ1n) is 4.43. The highest BCUT2D eigenvalue weighted by molar-refractivity contribution is 5.82. The van der Waals surface area contributed by atoms with Crippen LogP contribution in [-0.2, 0) is 4.79 Å². The van der Waals surface area contributed by atoms with Gasteiger partial charge >= 0.3 is 0 Å². The molecule has 0 bridgehead atoms. The smallest absolute Gasteiger partial charge is 0.258 e. The summed E-state index contributed by atoms with van der Waals surface area (Å²) in [5.74, 6) is -0.177. The van der Waals surface area contributed by atoms with E-state index in [9.17, 15) is 13.6 Å². The van der Waals surface area contributed by atoms with Crippen LogP contribution in [0.3, 0.4) is 0 Å². The summed E-state index contributed by atoms with van der Waals surface area (Å²) < 4.78 is 24.6. The molecular weight excluding hydrogens is 176 g/mol. The zero-order valence-electron chi connectivity index (χ0n) is 8.18. The lowest BCUT2D eigenvalue weighted by Gasteiger charge is -2.43. The molecule has 1 atom stereocenters. The average Bonchev–Trinajstić information content (AvgIpc) is 1.80. The van der Waals surface area contributed by atoms with Crippen molar-refractivity contribution in [3.63, 3.8) is 0 Å². The Morgan fingerprint density at radius 2 is 2.00 bits per heavy atom. The van der Waals surface area contributed by atoms with Crippen molar-refractivity contribution in [3.05, 3.63) is 0 Å². The molecule has 1 saturated heterocycles. The number of alkyl halides is 2. The molecule has 1 rings (SSSR count). The zero-order valence-corrected chi connectivity index (χ0v) is 8.18. The van der Waals surface area contributed by atoms with Gasteiger partial charge in [-0.25, -0.2) is 8.78 Å². The fourth-order valence-electron chi connectivity index (χ4n) is 1.35. The number of rotatable bonds is 1. The SMILES string of the molecule is CC(C)(C)C(=O)N1CCC1C(F)F. The molecule has 0 aliphatic carbocycles. The summed E-state index contributed by atoms with van der Waals surface area (Å²) in [6, 6.07) is -0.841. The summed E-state index contributed by atoms with van der Waals surface area (Å²) in [4.78, 5) is 12.8. The van der Waals surface area contributed by atoms with Crippen molar-refractivity contribution < 1.29 is 13.6 Å². The van der Waals surface area contributed by atoms with E-state index in [0.717, 1.165) is 0 Å². The molecule has 4 heteroatoms. The molecule has 13 heavy (non-hydrogen) atoms. The number of likely N-dealkylation sites (tertiary alicyclic amines) is 1. The minimum atomic E-state index is -2.40. The summed E-state index contributed by atoms with van der Waals surface area (Å²) in [6.07, 6.45) is -1.97. The van der Waals surface area contributed by atoms with E-state index in [0.29, 0.717) is 13.0 Å². The third-order valence-electron chi connectivity index (χ3n) is 2.26. The highest BCUT2D eigenvalue weighted by atomic mass is 19.3. The highest BCUT2D eigenvalue weighted by Gasteiger charge is 2.41. The summed E-state index contributed by atoms with van der Waals surface area (Å²) in [6.45, 7) is 5.72. The molecule has 1 aliphatic heterocycles. The van der Waals surface area contributed by atoms with Crippen molar-refractivity contribution in [1.29, 1.82) is 0 Å². The summed E-state index contributed by atoms with van der Waals surface area (Å²) in [5.41, 5.74) is -0.548. The van der Waals surface area contributed by atoms with Crippen LogP contribution >= 0.6 is 0 Å². The molecule has 0 radical (unpaired) electrons. The van der Waals surface area contributed by atoms with Crippen LogP contribution in [0.5, 0.6) is 0 Å². The van der Waals surface area contributed by atoms with Crippen molar-refractivity contribution in [2.45, 2.75) is 39.7 Å². The molecule has 0 aromatic rings. The van der Waals surface area contributed by atoms with Crippen molar-refractivity contribution in [3.8, 4) is 0 Å². The normalized spacial score (nSPS) is 23.2. The molecule has 0 N–H and O–H groups in total. The van der Waals surface area contributed by atoms with Gasteiger partial charge < -0.3 is 4.90 Å². The highest BCUT2D eigenvalue weighted by Crippen LogP contribution is 2.29. The van der Waals surface area contributed by atoms with Gasteiger partial charge in [-0.1, -0.05) is 20.8 Å². The summed E-state index contributed by atoms with van der Waals surface area (Å²) in [7, 11) is 0. The number of carbonyl (C=O) groups is 1. The van der Waals surface area contributed by atoms with E-state index in [-0.39, 0.29) is 5.91 Å². The Morgan fingerprint density at radius 3 is 2.23 bits per heavy atom. The van der Waals surface area contributed by atoms with Gasteiger partial charge in [0.1, 0.15) is 0 Å². The molecule has 1 aliphatic rings. The van der Waals surface area contributed by atoms with Crippen LogP contribution in [0.15, 0.2) is 0 Å². The minimum absolute atomic E-state index is 0.177. The maximum atomic E-state index is 12.3.